The van der Waals surface area contributed by atoms with E-state index in [-0.39, 0.29) is 19.8 Å². The number of hydrogen-bond donors (Lipinski definition) is 0. The Bertz CT molecular complexity index is 890. The SMILES string of the molecule is C=CCCOP(=O)(OC)Oc1ccccc1.C=CCCOP(=O)(OCC)Oc1ccccc1. The molecular weight excluding hydrogens is 466 g/mol. The van der Waals surface area contributed by atoms with Gasteiger partial charge in [-0.3, -0.25) is 18.1 Å². The third-order valence-electron chi connectivity index (χ3n) is 3.57. The van der Waals surface area contributed by atoms with E-state index in [9.17, 15) is 9.13 Å². The Morgan fingerprint density at radius 2 is 1.15 bits per heavy atom. The van der Waals surface area contributed by atoms with Gasteiger partial charge in [0.25, 0.3) is 0 Å². The lowest BCUT2D eigenvalue weighted by Crippen LogP contribution is -2.03. The van der Waals surface area contributed by atoms with E-state index >= 15 is 0 Å². The van der Waals surface area contributed by atoms with E-state index in [2.05, 4.69) is 13.2 Å². The Labute approximate surface area is 196 Å². The molecule has 0 aliphatic heterocycles. The van der Waals surface area contributed by atoms with Crippen molar-refractivity contribution in [3.63, 3.8) is 0 Å². The van der Waals surface area contributed by atoms with Crippen LogP contribution in [0.4, 0.5) is 0 Å². The first-order chi connectivity index (χ1) is 15.9. The lowest BCUT2D eigenvalue weighted by molar-refractivity contribution is 0.163. The molecule has 2 rings (SSSR count). The van der Waals surface area contributed by atoms with Crippen molar-refractivity contribution in [1.82, 2.24) is 0 Å². The lowest BCUT2D eigenvalue weighted by Gasteiger charge is -2.17. The zero-order valence-electron chi connectivity index (χ0n) is 19.0. The van der Waals surface area contributed by atoms with Gasteiger partial charge in [0.15, 0.2) is 0 Å². The summed E-state index contributed by atoms with van der Waals surface area (Å²) in [6.07, 6.45) is 4.53. The maximum Gasteiger partial charge on any atom is 0.530 e. The van der Waals surface area contributed by atoms with Crippen LogP contribution in [0.1, 0.15) is 19.8 Å². The number of rotatable bonds is 15. The fraction of sp³-hybridized carbons (Fsp3) is 0.304. The van der Waals surface area contributed by atoms with Gasteiger partial charge in [0.1, 0.15) is 11.5 Å². The molecule has 0 spiro atoms. The van der Waals surface area contributed by atoms with Crippen LogP contribution in [0.15, 0.2) is 86.0 Å². The molecule has 2 atom stereocenters. The highest BCUT2D eigenvalue weighted by atomic mass is 31.2. The minimum absolute atomic E-state index is 0.251. The number of phosphoric ester groups is 2. The van der Waals surface area contributed by atoms with Gasteiger partial charge in [0, 0.05) is 7.11 Å². The first-order valence-corrected chi connectivity index (χ1v) is 13.2. The summed E-state index contributed by atoms with van der Waals surface area (Å²) in [5, 5.41) is 0. The Balaban J connectivity index is 0.000000331. The first-order valence-electron chi connectivity index (χ1n) is 10.3. The second-order valence-corrected chi connectivity index (χ2v) is 9.42. The van der Waals surface area contributed by atoms with Crippen LogP contribution in [0, 0.1) is 0 Å². The summed E-state index contributed by atoms with van der Waals surface area (Å²) in [6.45, 7) is 9.60. The molecule has 182 valence electrons. The van der Waals surface area contributed by atoms with Gasteiger partial charge in [0.05, 0.1) is 19.8 Å². The van der Waals surface area contributed by atoms with Crippen LogP contribution in [0.5, 0.6) is 11.5 Å². The highest BCUT2D eigenvalue weighted by Gasteiger charge is 2.27. The summed E-state index contributed by atoms with van der Waals surface area (Å²) in [7, 11) is -5.73. The van der Waals surface area contributed by atoms with Gasteiger partial charge < -0.3 is 9.05 Å². The summed E-state index contributed by atoms with van der Waals surface area (Å²) >= 11 is 0. The van der Waals surface area contributed by atoms with Gasteiger partial charge >= 0.3 is 15.6 Å². The zero-order valence-corrected chi connectivity index (χ0v) is 20.8. The number of para-hydroxylation sites is 2. The molecule has 2 aromatic rings. The molecule has 0 radical (unpaired) electrons. The summed E-state index contributed by atoms with van der Waals surface area (Å²) < 4.78 is 54.6. The molecule has 10 heteroatoms. The van der Waals surface area contributed by atoms with Crippen LogP contribution >= 0.6 is 15.6 Å². The minimum atomic E-state index is -3.52. The second kappa shape index (κ2) is 16.4. The fourth-order valence-electron chi connectivity index (χ4n) is 2.08. The monoisotopic (exact) mass is 498 g/mol. The molecule has 0 saturated heterocycles. The molecule has 0 aliphatic carbocycles. The summed E-state index contributed by atoms with van der Waals surface area (Å²) in [5.74, 6) is 0.911. The lowest BCUT2D eigenvalue weighted by atomic mass is 10.3. The van der Waals surface area contributed by atoms with Crippen molar-refractivity contribution in [2.24, 2.45) is 0 Å². The van der Waals surface area contributed by atoms with Gasteiger partial charge in [-0.15, -0.1) is 13.2 Å². The zero-order chi connectivity index (χ0) is 24.4. The number of hydrogen-bond acceptors (Lipinski definition) is 8. The van der Waals surface area contributed by atoms with Crippen LogP contribution in [-0.2, 0) is 27.2 Å². The van der Waals surface area contributed by atoms with Crippen LogP contribution < -0.4 is 9.05 Å². The van der Waals surface area contributed by atoms with E-state index in [1.165, 1.54) is 7.11 Å². The van der Waals surface area contributed by atoms with Crippen molar-refractivity contribution < 1.29 is 36.3 Å². The predicted molar refractivity (Wildman–Crippen MR) is 130 cm³/mol. The molecule has 0 aliphatic rings. The number of phosphoric acid groups is 2. The summed E-state index contributed by atoms with van der Waals surface area (Å²) in [5.41, 5.74) is 0. The van der Waals surface area contributed by atoms with E-state index in [1.54, 1.807) is 67.6 Å². The van der Waals surface area contributed by atoms with E-state index in [0.29, 0.717) is 24.3 Å². The van der Waals surface area contributed by atoms with Crippen molar-refractivity contribution >= 4 is 15.6 Å². The first kappa shape index (κ1) is 28.9. The van der Waals surface area contributed by atoms with Crippen LogP contribution in [0.3, 0.4) is 0 Å². The summed E-state index contributed by atoms with van der Waals surface area (Å²) in [6, 6.07) is 17.6. The second-order valence-electron chi connectivity index (χ2n) is 6.12. The van der Waals surface area contributed by atoms with Crippen molar-refractivity contribution in [2.45, 2.75) is 19.8 Å². The minimum Gasteiger partial charge on any atom is -0.404 e. The highest BCUT2D eigenvalue weighted by molar-refractivity contribution is 7.49. The summed E-state index contributed by atoms with van der Waals surface area (Å²) in [4.78, 5) is 0. The molecular formula is C23H32O8P2. The molecule has 0 bridgehead atoms. The average molecular weight is 498 g/mol. The van der Waals surface area contributed by atoms with Crippen molar-refractivity contribution in [1.29, 1.82) is 0 Å². The Hall–Kier alpha value is -2.18. The van der Waals surface area contributed by atoms with Gasteiger partial charge in [-0.1, -0.05) is 48.6 Å². The smallest absolute Gasteiger partial charge is 0.404 e. The van der Waals surface area contributed by atoms with E-state index in [0.717, 1.165) is 0 Å². The Morgan fingerprint density at radius 1 is 0.727 bits per heavy atom. The molecule has 0 saturated carbocycles. The molecule has 0 aromatic heterocycles. The van der Waals surface area contributed by atoms with Crippen LogP contribution in [0.2, 0.25) is 0 Å². The quantitative estimate of drug-likeness (QED) is 0.144. The predicted octanol–water partition coefficient (Wildman–Crippen LogP) is 7.22. The van der Waals surface area contributed by atoms with Crippen LogP contribution in [0.25, 0.3) is 0 Å². The topological polar surface area (TPSA) is 89.5 Å². The van der Waals surface area contributed by atoms with Crippen LogP contribution in [-0.4, -0.2) is 26.9 Å². The molecule has 0 N–H and O–H groups in total. The molecule has 2 aromatic carbocycles. The normalized spacial score (nSPS) is 14.0. The molecule has 0 fully saturated rings. The van der Waals surface area contributed by atoms with E-state index < -0.39 is 15.6 Å². The molecule has 2 unspecified atom stereocenters. The average Bonchev–Trinajstić information content (AvgIpc) is 2.81. The maximum atomic E-state index is 12.2. The van der Waals surface area contributed by atoms with Crippen molar-refractivity contribution in [3.05, 3.63) is 86.0 Å². The molecule has 0 amide bonds. The fourth-order valence-corrected chi connectivity index (χ4v) is 4.23. The largest absolute Gasteiger partial charge is 0.530 e. The van der Waals surface area contributed by atoms with Gasteiger partial charge in [0.2, 0.25) is 0 Å². The Kier molecular flexibility index (Phi) is 14.4. The van der Waals surface area contributed by atoms with Gasteiger partial charge in [-0.25, -0.2) is 9.13 Å². The number of benzene rings is 2. The maximum absolute atomic E-state index is 12.2. The van der Waals surface area contributed by atoms with E-state index in [4.69, 9.17) is 27.1 Å². The third kappa shape index (κ3) is 12.6. The Morgan fingerprint density at radius 3 is 1.55 bits per heavy atom. The standard InChI is InChI=1S/C12H17O4P.C11H15O4P/c1-3-5-11-15-17(13,14-4-2)16-12-9-7-6-8-10-12;1-3-4-10-14-16(12,13-2)15-11-8-6-5-7-9-11/h3,6-10H,1,4-5,11H2,2H3;3,5-9H,1,4,10H2,2H3. The molecule has 0 heterocycles. The van der Waals surface area contributed by atoms with Crippen molar-refractivity contribution in [2.75, 3.05) is 26.9 Å². The molecule has 33 heavy (non-hydrogen) atoms. The van der Waals surface area contributed by atoms with Gasteiger partial charge in [-0.05, 0) is 44.0 Å². The van der Waals surface area contributed by atoms with E-state index in [1.807, 2.05) is 12.1 Å². The van der Waals surface area contributed by atoms with Crippen molar-refractivity contribution in [3.8, 4) is 11.5 Å². The third-order valence-corrected chi connectivity index (χ3v) is 6.46. The highest BCUT2D eigenvalue weighted by Crippen LogP contribution is 2.49. The van der Waals surface area contributed by atoms with Gasteiger partial charge in [-0.2, -0.15) is 0 Å². The molecule has 8 nitrogen and oxygen atoms in total.